The summed E-state index contributed by atoms with van der Waals surface area (Å²) in [6, 6.07) is 2.42. The predicted molar refractivity (Wildman–Crippen MR) is 195 cm³/mol. The average molecular weight is 737 g/mol. The number of esters is 1. The van der Waals surface area contributed by atoms with Gasteiger partial charge < -0.3 is 38.6 Å². The molecule has 11 nitrogen and oxygen atoms in total. The van der Waals surface area contributed by atoms with Crippen LogP contribution in [0.3, 0.4) is 0 Å². The molecule has 13 heteroatoms. The van der Waals surface area contributed by atoms with Crippen molar-refractivity contribution in [3.8, 4) is 5.75 Å². The van der Waals surface area contributed by atoms with Crippen LogP contribution >= 0.6 is 24.2 Å². The van der Waals surface area contributed by atoms with E-state index in [1.807, 2.05) is 52.8 Å². The van der Waals surface area contributed by atoms with Gasteiger partial charge in [0.15, 0.2) is 0 Å². The minimum absolute atomic E-state index is 0.0239. The van der Waals surface area contributed by atoms with Crippen molar-refractivity contribution < 1.29 is 43.2 Å². The van der Waals surface area contributed by atoms with Gasteiger partial charge in [-0.25, -0.2) is 4.79 Å². The Kier molecular flexibility index (Phi) is 13.2. The van der Waals surface area contributed by atoms with Crippen LogP contribution in [-0.4, -0.2) is 103 Å². The number of methoxy groups -OCH3 is 1. The largest absolute Gasteiger partial charge is 0.506 e. The summed E-state index contributed by atoms with van der Waals surface area (Å²) >= 11 is 10.9. The Morgan fingerprint density at radius 1 is 1.26 bits per heavy atom. The van der Waals surface area contributed by atoms with Crippen LogP contribution in [0.25, 0.3) is 0 Å². The van der Waals surface area contributed by atoms with Crippen molar-refractivity contribution in [1.29, 1.82) is 0 Å². The minimum Gasteiger partial charge on any atom is -0.506 e. The quantitative estimate of drug-likeness (QED) is 0.208. The standard InChI is InChI=1S/C37H53ClN2O9S/c1-21-11-10-12-29(45-9)36(5)19-28(46-20-47-36)23(3)34-37(6,49-34)30(48-35(44)24(4)39(7)31(42)14-13-22(2)50)18-32(43)40(8)26-16-25(15-21)17-27(41)33(26)38/h10-12,16-17,22-24,28-30,34,41,50H,13-15,18-20H2,1-9H3/b12-10+,21-11+/t22?,23?,24-,28?,29?,30?,34?,36?,37?/m1/s1. The van der Waals surface area contributed by atoms with E-state index >= 15 is 0 Å². The van der Waals surface area contributed by atoms with E-state index in [4.69, 9.17) is 35.3 Å². The summed E-state index contributed by atoms with van der Waals surface area (Å²) in [6.45, 7) is 11.4. The number of carbonyl (C=O) groups excluding carboxylic acids is 3. The van der Waals surface area contributed by atoms with Crippen LogP contribution in [0.15, 0.2) is 35.9 Å². The molecule has 0 spiro atoms. The molecule has 0 aliphatic carbocycles. The molecule has 278 valence electrons. The Hall–Kier alpha value is -2.61. The summed E-state index contributed by atoms with van der Waals surface area (Å²) in [4.78, 5) is 43.2. The molecule has 8 unspecified atom stereocenters. The van der Waals surface area contributed by atoms with Crippen LogP contribution in [-0.2, 0) is 44.5 Å². The van der Waals surface area contributed by atoms with Crippen molar-refractivity contribution in [3.05, 3.63) is 46.5 Å². The van der Waals surface area contributed by atoms with Gasteiger partial charge in [0.2, 0.25) is 11.8 Å². The van der Waals surface area contributed by atoms with Crippen molar-refractivity contribution in [2.75, 3.05) is 32.9 Å². The number of ether oxygens (including phenoxy) is 5. The Balaban J connectivity index is 1.71. The fraction of sp³-hybridized carbons (Fsp3) is 0.649. The number of carbonyl (C=O) groups is 3. The first-order valence-electron chi connectivity index (χ1n) is 17.1. The number of thiol groups is 1. The smallest absolute Gasteiger partial charge is 0.328 e. The van der Waals surface area contributed by atoms with Crippen LogP contribution in [0, 0.1) is 5.92 Å². The number of hydrogen-bond donors (Lipinski definition) is 2. The molecule has 2 saturated heterocycles. The van der Waals surface area contributed by atoms with Crippen LogP contribution in [0.1, 0.15) is 72.8 Å². The van der Waals surface area contributed by atoms with Gasteiger partial charge in [0.1, 0.15) is 47.0 Å². The molecular weight excluding hydrogens is 684 g/mol. The Labute approximate surface area is 306 Å². The number of hydrogen-bond acceptors (Lipinski definition) is 10. The molecule has 3 heterocycles. The fourth-order valence-corrected chi connectivity index (χ4v) is 7.14. The third-order valence-electron chi connectivity index (χ3n) is 10.4. The molecular formula is C37H53ClN2O9S. The summed E-state index contributed by atoms with van der Waals surface area (Å²) in [5, 5.41) is 10.8. The molecule has 0 aromatic heterocycles. The molecule has 1 aromatic carbocycles. The second-order valence-electron chi connectivity index (χ2n) is 14.4. The van der Waals surface area contributed by atoms with Gasteiger partial charge in [-0.05, 0) is 63.5 Å². The van der Waals surface area contributed by atoms with E-state index in [0.717, 1.165) is 11.1 Å². The first kappa shape index (κ1) is 40.2. The normalized spacial score (nSPS) is 33.3. The molecule has 4 bridgehead atoms. The third kappa shape index (κ3) is 9.05. The summed E-state index contributed by atoms with van der Waals surface area (Å²) in [7, 11) is 4.76. The van der Waals surface area contributed by atoms with E-state index in [0.29, 0.717) is 24.9 Å². The maximum Gasteiger partial charge on any atom is 0.328 e. The number of fused-ring (bicyclic) bond motifs is 5. The molecule has 0 radical (unpaired) electrons. The van der Waals surface area contributed by atoms with Crippen LogP contribution in [0.4, 0.5) is 5.69 Å². The number of nitrogens with zero attached hydrogens (tertiary/aromatic N) is 2. The highest BCUT2D eigenvalue weighted by Gasteiger charge is 2.64. The highest BCUT2D eigenvalue weighted by molar-refractivity contribution is 7.80. The summed E-state index contributed by atoms with van der Waals surface area (Å²) < 4.78 is 30.6. The number of allylic oxidation sites excluding steroid dienone is 3. The predicted octanol–water partition coefficient (Wildman–Crippen LogP) is 5.64. The Bertz CT molecular complexity index is 1490. The lowest BCUT2D eigenvalue weighted by atomic mass is 9.81. The molecule has 2 amide bonds. The van der Waals surface area contributed by atoms with Gasteiger partial charge in [0.05, 0.1) is 24.3 Å². The second-order valence-corrected chi connectivity index (χ2v) is 15.7. The van der Waals surface area contributed by atoms with E-state index < -0.39 is 41.3 Å². The lowest BCUT2D eigenvalue weighted by Gasteiger charge is -2.43. The zero-order chi connectivity index (χ0) is 37.1. The molecule has 2 fully saturated rings. The van der Waals surface area contributed by atoms with Crippen LogP contribution < -0.4 is 4.90 Å². The summed E-state index contributed by atoms with van der Waals surface area (Å²) in [5.41, 5.74) is 0.294. The van der Waals surface area contributed by atoms with E-state index in [9.17, 15) is 19.5 Å². The monoisotopic (exact) mass is 736 g/mol. The van der Waals surface area contributed by atoms with Crippen LogP contribution in [0.5, 0.6) is 5.75 Å². The number of rotatable bonds is 7. The van der Waals surface area contributed by atoms with Crippen LogP contribution in [0.2, 0.25) is 5.02 Å². The number of epoxide rings is 1. The highest BCUT2D eigenvalue weighted by Crippen LogP contribution is 2.49. The van der Waals surface area contributed by atoms with E-state index in [1.54, 1.807) is 40.3 Å². The van der Waals surface area contributed by atoms with Gasteiger partial charge in [-0.2, -0.15) is 12.6 Å². The number of likely N-dealkylation sites (N-methyl/N-ethyl adjacent to an activating group) is 1. The molecule has 3 aliphatic heterocycles. The summed E-state index contributed by atoms with van der Waals surface area (Å²) in [6.07, 6.45) is 5.25. The van der Waals surface area contributed by atoms with Gasteiger partial charge in [0.25, 0.3) is 0 Å². The van der Waals surface area contributed by atoms with Crippen molar-refractivity contribution in [2.45, 2.75) is 121 Å². The lowest BCUT2D eigenvalue weighted by molar-refractivity contribution is -0.251. The van der Waals surface area contributed by atoms with E-state index in [1.165, 1.54) is 9.80 Å². The lowest BCUT2D eigenvalue weighted by Crippen LogP contribution is -2.52. The van der Waals surface area contributed by atoms with Gasteiger partial charge in [-0.1, -0.05) is 49.2 Å². The SMILES string of the molecule is COC1/C=C/C=C(\C)Cc2cc(O)c(Cl)c(c2)N(C)C(=O)CC(OC(=O)[C@@H](C)N(C)C(=O)CCC(C)S)C2(C)OC2C(C)C2CC1(C)OCO2. The molecule has 1 aromatic rings. The van der Waals surface area contributed by atoms with E-state index in [-0.39, 0.29) is 59.7 Å². The Morgan fingerprint density at radius 2 is 1.96 bits per heavy atom. The van der Waals surface area contributed by atoms with Gasteiger partial charge in [-0.15, -0.1) is 0 Å². The molecule has 1 N–H and O–H groups in total. The number of anilines is 1. The molecule has 50 heavy (non-hydrogen) atoms. The molecule has 0 saturated carbocycles. The minimum atomic E-state index is -1.05. The number of halogens is 1. The molecule has 3 aliphatic rings. The zero-order valence-electron chi connectivity index (χ0n) is 30.6. The fourth-order valence-electron chi connectivity index (χ4n) is 6.77. The first-order valence-corrected chi connectivity index (χ1v) is 18.0. The maximum absolute atomic E-state index is 14.0. The van der Waals surface area contributed by atoms with Crippen molar-refractivity contribution in [2.24, 2.45) is 5.92 Å². The van der Waals surface area contributed by atoms with Gasteiger partial charge in [-0.3, -0.25) is 9.59 Å². The highest BCUT2D eigenvalue weighted by atomic mass is 35.5. The van der Waals surface area contributed by atoms with Gasteiger partial charge >= 0.3 is 5.97 Å². The van der Waals surface area contributed by atoms with E-state index in [2.05, 4.69) is 12.6 Å². The van der Waals surface area contributed by atoms with Crippen molar-refractivity contribution >= 4 is 47.7 Å². The number of phenols is 1. The number of benzene rings is 1. The maximum atomic E-state index is 14.0. The number of phenolic OH excluding ortho intramolecular Hbond substituents is 1. The average Bonchev–Trinajstić information content (AvgIpc) is 3.76. The third-order valence-corrected chi connectivity index (χ3v) is 11.1. The number of amides is 2. The molecule has 4 rings (SSSR count). The topological polar surface area (TPSA) is 127 Å². The van der Waals surface area contributed by atoms with Crippen molar-refractivity contribution in [3.63, 3.8) is 0 Å². The second kappa shape index (κ2) is 16.4. The Morgan fingerprint density at radius 3 is 2.62 bits per heavy atom. The number of aromatic hydroxyl groups is 1. The van der Waals surface area contributed by atoms with Crippen molar-refractivity contribution in [1.82, 2.24) is 4.90 Å². The zero-order valence-corrected chi connectivity index (χ0v) is 32.3. The summed E-state index contributed by atoms with van der Waals surface area (Å²) in [5.74, 6) is -1.62. The van der Waals surface area contributed by atoms with Gasteiger partial charge in [0, 0.05) is 40.0 Å². The molecule has 9 atom stereocenters. The first-order chi connectivity index (χ1) is 23.4.